The number of hydrogen-bond acceptors (Lipinski definition) is 9. The van der Waals surface area contributed by atoms with Crippen LogP contribution in [-0.4, -0.2) is 79.5 Å². The van der Waals surface area contributed by atoms with Gasteiger partial charge in [-0.05, 0) is 151 Å². The summed E-state index contributed by atoms with van der Waals surface area (Å²) in [5, 5.41) is 18.8. The maximum atomic E-state index is 16.4. The molecule has 3 aliphatic heterocycles. The number of nitrogens with zero attached hydrogens (tertiary/aromatic N) is 9. The first kappa shape index (κ1) is 44.3. The van der Waals surface area contributed by atoms with Gasteiger partial charge in [-0.2, -0.15) is 10.2 Å². The average Bonchev–Trinajstić information content (AvgIpc) is 3.98. The van der Waals surface area contributed by atoms with Crippen LogP contribution in [0.5, 0.6) is 0 Å². The average molecular weight is 952 g/mol. The van der Waals surface area contributed by atoms with E-state index in [0.717, 1.165) is 42.1 Å². The molecule has 12 rings (SSSR count). The van der Waals surface area contributed by atoms with Gasteiger partial charge >= 0.3 is 11.4 Å². The highest BCUT2D eigenvalue weighted by Gasteiger charge is 2.60. The van der Waals surface area contributed by atoms with Crippen molar-refractivity contribution in [1.29, 1.82) is 0 Å². The number of aromatic amines is 1. The number of piperidine rings is 1. The fourth-order valence-corrected chi connectivity index (χ4v) is 12.2. The second-order valence-electron chi connectivity index (χ2n) is 20.8. The Hall–Kier alpha value is -6.92. The van der Waals surface area contributed by atoms with E-state index < -0.39 is 34.4 Å². The molecule has 1 spiro atoms. The molecule has 2 saturated heterocycles. The highest BCUT2D eigenvalue weighted by molar-refractivity contribution is 6.00. The van der Waals surface area contributed by atoms with Crippen LogP contribution < -0.4 is 16.8 Å². The summed E-state index contributed by atoms with van der Waals surface area (Å²) < 4.78 is 51.0. The van der Waals surface area contributed by atoms with Gasteiger partial charge in [0.2, 0.25) is 0 Å². The van der Waals surface area contributed by atoms with Crippen molar-refractivity contribution in [2.24, 2.45) is 13.0 Å². The van der Waals surface area contributed by atoms with E-state index in [0.29, 0.717) is 76.9 Å². The van der Waals surface area contributed by atoms with Gasteiger partial charge in [-0.1, -0.05) is 18.1 Å². The van der Waals surface area contributed by atoms with E-state index >= 15 is 18.4 Å². The lowest BCUT2D eigenvalue weighted by Gasteiger charge is -2.47. The van der Waals surface area contributed by atoms with Crippen LogP contribution in [0, 0.1) is 31.4 Å². The molecule has 5 atom stereocenters. The van der Waals surface area contributed by atoms with Gasteiger partial charge in [0.25, 0.3) is 5.91 Å². The molecule has 4 aliphatic rings. The van der Waals surface area contributed by atoms with Crippen LogP contribution in [0.3, 0.4) is 0 Å². The number of benzene rings is 3. The van der Waals surface area contributed by atoms with Crippen LogP contribution in [0.2, 0.25) is 0 Å². The molecule has 1 amide bonds. The van der Waals surface area contributed by atoms with Crippen molar-refractivity contribution < 1.29 is 22.8 Å². The van der Waals surface area contributed by atoms with Gasteiger partial charge in [0.05, 0.1) is 51.4 Å². The Morgan fingerprint density at radius 2 is 1.69 bits per heavy atom. The Labute approximate surface area is 400 Å². The number of halogens is 2. The minimum Gasteiger partial charge on any atom is -0.376 e. The van der Waals surface area contributed by atoms with Gasteiger partial charge in [-0.15, -0.1) is 0 Å². The third-order valence-electron chi connectivity index (χ3n) is 15.9. The molecule has 1 unspecified atom stereocenters. The van der Waals surface area contributed by atoms with Gasteiger partial charge in [0.1, 0.15) is 22.9 Å². The quantitative estimate of drug-likeness (QED) is 0.162. The predicted molar refractivity (Wildman–Crippen MR) is 257 cm³/mol. The normalized spacial score (nSPS) is 24.2. The number of fused-ring (bicyclic) bond motifs is 4. The molecular weight excluding hydrogens is 897 g/mol. The molecule has 0 bridgehead atoms. The fraction of sp³-hybridized carbons (Fsp3) is 0.423. The van der Waals surface area contributed by atoms with Crippen molar-refractivity contribution >= 4 is 27.7 Å². The van der Waals surface area contributed by atoms with Crippen LogP contribution in [0.1, 0.15) is 122 Å². The number of nitrogens with one attached hydrogen (secondary N) is 2. The number of aryl methyl sites for hydroxylation is 3. The first-order chi connectivity index (χ1) is 33.5. The Bertz CT molecular complexity index is 3560. The van der Waals surface area contributed by atoms with Crippen LogP contribution in [0.4, 0.5) is 8.78 Å². The number of imidazole rings is 1. The van der Waals surface area contributed by atoms with Crippen LogP contribution in [0.25, 0.3) is 39.0 Å². The van der Waals surface area contributed by atoms with Crippen molar-refractivity contribution in [3.63, 3.8) is 0 Å². The Kier molecular flexibility index (Phi) is 9.83. The maximum Gasteiger partial charge on any atom is 0.438 e. The largest absolute Gasteiger partial charge is 0.438 e. The maximum absolute atomic E-state index is 16.4. The molecule has 16 nitrogen and oxygen atoms in total. The van der Waals surface area contributed by atoms with Gasteiger partial charge < -0.3 is 19.5 Å². The number of hydrogen-bond donors (Lipinski definition) is 2. The van der Waals surface area contributed by atoms with E-state index in [1.54, 1.807) is 60.7 Å². The first-order valence-electron chi connectivity index (χ1n) is 24.2. The van der Waals surface area contributed by atoms with E-state index in [2.05, 4.69) is 64.1 Å². The highest BCUT2D eigenvalue weighted by Crippen LogP contribution is 2.56. The summed E-state index contributed by atoms with van der Waals surface area (Å²) >= 11 is 0. The van der Waals surface area contributed by atoms with Gasteiger partial charge in [-0.25, -0.2) is 23.1 Å². The van der Waals surface area contributed by atoms with Crippen molar-refractivity contribution in [3.05, 3.63) is 139 Å². The van der Waals surface area contributed by atoms with E-state index in [9.17, 15) is 4.79 Å². The van der Waals surface area contributed by atoms with Crippen molar-refractivity contribution in [3.8, 4) is 17.2 Å². The van der Waals surface area contributed by atoms with E-state index in [-0.39, 0.29) is 46.8 Å². The zero-order valence-electron chi connectivity index (χ0n) is 40.3. The molecule has 70 heavy (non-hydrogen) atoms. The minimum atomic E-state index is -0.884. The molecular formula is C52H55F2N11O5. The summed E-state index contributed by atoms with van der Waals surface area (Å²) in [5.74, 6) is -0.950. The second kappa shape index (κ2) is 15.5. The summed E-state index contributed by atoms with van der Waals surface area (Å²) in [6, 6.07) is 14.4. The van der Waals surface area contributed by atoms with Gasteiger partial charge in [0, 0.05) is 49.1 Å². The van der Waals surface area contributed by atoms with Crippen LogP contribution in [0.15, 0.2) is 81.2 Å². The lowest BCUT2D eigenvalue weighted by molar-refractivity contribution is -0.0592. The lowest BCUT2D eigenvalue weighted by atomic mass is 9.78. The summed E-state index contributed by atoms with van der Waals surface area (Å²) in [6.45, 7) is 13.2. The predicted octanol–water partition coefficient (Wildman–Crippen LogP) is 7.87. The van der Waals surface area contributed by atoms with E-state index in [1.165, 1.54) is 21.5 Å². The number of aromatic nitrogens is 9. The molecule has 1 saturated carbocycles. The molecule has 3 fully saturated rings. The Morgan fingerprint density at radius 1 is 0.929 bits per heavy atom. The zero-order chi connectivity index (χ0) is 48.8. The van der Waals surface area contributed by atoms with Crippen molar-refractivity contribution in [2.75, 3.05) is 19.7 Å². The first-order valence-corrected chi connectivity index (χ1v) is 24.2. The Balaban J connectivity index is 1.06. The van der Waals surface area contributed by atoms with Crippen molar-refractivity contribution in [1.82, 2.24) is 53.6 Å². The molecule has 5 aromatic heterocycles. The fourth-order valence-electron chi connectivity index (χ4n) is 12.2. The van der Waals surface area contributed by atoms with Crippen molar-refractivity contribution in [2.45, 2.75) is 109 Å². The minimum absolute atomic E-state index is 0.0184. The SMILES string of the molecule is Cc1cc(-n2nc3c(c2-n2ccn(-c4ccc5c(cnn5C)c4F)c2=O)[C@H](C)N(C(=O)c2cc4cc([C@H]5CCOC(C)(C)C5)ccc4n2[C@@]2(c4noc(=O)[nH]4)C[C@@H]2C)CC32CCCCN2)cc(C)c1F. The number of amides is 1. The topological polar surface area (TPSA) is 168 Å². The molecule has 18 heteroatoms. The lowest BCUT2D eigenvalue weighted by Crippen LogP contribution is -2.58. The number of carbonyl (C=O) groups is 1. The Morgan fingerprint density at radius 3 is 2.39 bits per heavy atom. The van der Waals surface area contributed by atoms with E-state index in [1.807, 2.05) is 17.9 Å². The number of ether oxygens (including phenoxy) is 1. The summed E-state index contributed by atoms with van der Waals surface area (Å²) in [5.41, 5.74) is 3.05. The monoisotopic (exact) mass is 951 g/mol. The number of rotatable bonds is 7. The van der Waals surface area contributed by atoms with Crippen LogP contribution >= 0.6 is 0 Å². The molecule has 8 heterocycles. The second-order valence-corrected chi connectivity index (χ2v) is 20.8. The van der Waals surface area contributed by atoms with Gasteiger partial charge in [-0.3, -0.25) is 28.1 Å². The zero-order valence-corrected chi connectivity index (χ0v) is 40.3. The molecule has 8 aromatic rings. The molecule has 3 aromatic carbocycles. The third-order valence-corrected chi connectivity index (χ3v) is 15.9. The number of carbonyl (C=O) groups excluding carboxylic acids is 1. The highest BCUT2D eigenvalue weighted by atomic mass is 19.1. The third kappa shape index (κ3) is 6.51. The standard InChI is InChI=1S/C52H55F2N11O5/c1-28-20-35(21-29(2)42(28)53)65-45(62-18-17-61(49(62)68)39-13-12-38-36(43(39)54)26-56-60(38)7)41-31(4)63(27-51(44(41)58-65)15-8-9-16-55-51)46(66)40-23-34-22-32(33-14-19-69-50(5,6)25-33)10-11-37(34)64(40)52(24-30(52)3)47-57-48(67)70-59-47/h10-13,17-18,20-23,26,30-31,33,55H,8-9,14-16,19,24-25,27H2,1-7H3,(H,57,59,67)/t30-,31-,33-,51?,52-/m0/s1. The number of H-pyrrole nitrogens is 1. The molecule has 2 N–H and O–H groups in total. The summed E-state index contributed by atoms with van der Waals surface area (Å²) in [7, 11) is 1.73. The summed E-state index contributed by atoms with van der Waals surface area (Å²) in [4.78, 5) is 48.5. The van der Waals surface area contributed by atoms with Gasteiger partial charge in [0.15, 0.2) is 11.6 Å². The molecule has 1 aliphatic carbocycles. The molecule has 362 valence electrons. The smallest absolute Gasteiger partial charge is 0.376 e. The molecule has 0 radical (unpaired) electrons. The summed E-state index contributed by atoms with van der Waals surface area (Å²) in [6.07, 6.45) is 9.27. The van der Waals surface area contributed by atoms with E-state index in [4.69, 9.17) is 14.4 Å². The van der Waals surface area contributed by atoms with Crippen LogP contribution in [-0.2, 0) is 22.9 Å².